The number of piperazine rings is 1. The first-order chi connectivity index (χ1) is 11.7. The van der Waals surface area contributed by atoms with E-state index in [1.165, 1.54) is 0 Å². The highest BCUT2D eigenvalue weighted by Crippen LogP contribution is 2.24. The SMILES string of the molecule is CCC[C@H]1CN(C(=O)OC(C)(C)C)CCN1c1ccc(C(=O)O)cc1. The van der Waals surface area contributed by atoms with E-state index in [1.807, 2.05) is 32.9 Å². The minimum absolute atomic E-state index is 0.196. The average molecular weight is 348 g/mol. The second-order valence-electron chi connectivity index (χ2n) is 7.41. The van der Waals surface area contributed by atoms with E-state index in [-0.39, 0.29) is 17.7 Å². The Balaban J connectivity index is 2.11. The Morgan fingerprint density at radius 2 is 1.84 bits per heavy atom. The van der Waals surface area contributed by atoms with Gasteiger partial charge in [-0.3, -0.25) is 0 Å². The zero-order valence-corrected chi connectivity index (χ0v) is 15.5. The van der Waals surface area contributed by atoms with Crippen molar-refractivity contribution in [2.45, 2.75) is 52.2 Å². The number of hydrogen-bond acceptors (Lipinski definition) is 4. The van der Waals surface area contributed by atoms with Crippen LogP contribution in [-0.4, -0.2) is 53.3 Å². The average Bonchev–Trinajstić information content (AvgIpc) is 2.53. The Kier molecular flexibility index (Phi) is 5.93. The number of carbonyl (C=O) groups excluding carboxylic acids is 1. The van der Waals surface area contributed by atoms with Crippen molar-refractivity contribution in [2.24, 2.45) is 0 Å². The van der Waals surface area contributed by atoms with E-state index in [9.17, 15) is 9.59 Å². The van der Waals surface area contributed by atoms with Crippen LogP contribution in [0.5, 0.6) is 0 Å². The number of ether oxygens (including phenoxy) is 1. The number of anilines is 1. The monoisotopic (exact) mass is 348 g/mol. The van der Waals surface area contributed by atoms with Gasteiger partial charge in [0, 0.05) is 31.4 Å². The number of hydrogen-bond donors (Lipinski definition) is 1. The molecule has 1 fully saturated rings. The Labute approximate surface area is 149 Å². The van der Waals surface area contributed by atoms with Gasteiger partial charge in [0.05, 0.1) is 5.56 Å². The van der Waals surface area contributed by atoms with Crippen LogP contribution >= 0.6 is 0 Å². The predicted molar refractivity (Wildman–Crippen MR) is 97.3 cm³/mol. The Bertz CT molecular complexity index is 607. The first-order valence-corrected chi connectivity index (χ1v) is 8.79. The fraction of sp³-hybridized carbons (Fsp3) is 0.579. The zero-order valence-electron chi connectivity index (χ0n) is 15.5. The highest BCUT2D eigenvalue weighted by Gasteiger charge is 2.31. The fourth-order valence-corrected chi connectivity index (χ4v) is 3.06. The Morgan fingerprint density at radius 3 is 2.36 bits per heavy atom. The topological polar surface area (TPSA) is 70.1 Å². The Morgan fingerprint density at radius 1 is 1.20 bits per heavy atom. The minimum Gasteiger partial charge on any atom is -0.478 e. The van der Waals surface area contributed by atoms with Crippen LogP contribution in [0.2, 0.25) is 0 Å². The third kappa shape index (κ3) is 5.11. The summed E-state index contributed by atoms with van der Waals surface area (Å²) in [5, 5.41) is 9.04. The van der Waals surface area contributed by atoms with Crippen molar-refractivity contribution >= 4 is 17.7 Å². The van der Waals surface area contributed by atoms with Gasteiger partial charge in [0.2, 0.25) is 0 Å². The smallest absolute Gasteiger partial charge is 0.410 e. The summed E-state index contributed by atoms with van der Waals surface area (Å²) < 4.78 is 5.49. The van der Waals surface area contributed by atoms with E-state index < -0.39 is 11.6 Å². The van der Waals surface area contributed by atoms with E-state index in [2.05, 4.69) is 11.8 Å². The molecular formula is C19H28N2O4. The van der Waals surface area contributed by atoms with E-state index in [1.54, 1.807) is 17.0 Å². The number of nitrogens with zero attached hydrogens (tertiary/aromatic N) is 2. The van der Waals surface area contributed by atoms with E-state index >= 15 is 0 Å². The van der Waals surface area contributed by atoms with E-state index in [0.717, 1.165) is 18.5 Å². The molecule has 138 valence electrons. The maximum atomic E-state index is 12.3. The zero-order chi connectivity index (χ0) is 18.6. The molecule has 0 radical (unpaired) electrons. The molecule has 1 N–H and O–H groups in total. The molecule has 0 bridgehead atoms. The van der Waals surface area contributed by atoms with Crippen molar-refractivity contribution in [3.8, 4) is 0 Å². The summed E-state index contributed by atoms with van der Waals surface area (Å²) in [5.41, 5.74) is 0.775. The molecular weight excluding hydrogens is 320 g/mol. The lowest BCUT2D eigenvalue weighted by Gasteiger charge is -2.43. The molecule has 1 heterocycles. The van der Waals surface area contributed by atoms with Crippen LogP contribution in [-0.2, 0) is 4.74 Å². The molecule has 0 aromatic heterocycles. The molecule has 1 aromatic carbocycles. The van der Waals surface area contributed by atoms with Gasteiger partial charge < -0.3 is 19.6 Å². The molecule has 6 heteroatoms. The van der Waals surface area contributed by atoms with Crippen LogP contribution in [0.4, 0.5) is 10.5 Å². The van der Waals surface area contributed by atoms with Crippen molar-refractivity contribution < 1.29 is 19.4 Å². The molecule has 1 aliphatic rings. The van der Waals surface area contributed by atoms with Gasteiger partial charge in [-0.15, -0.1) is 0 Å². The van der Waals surface area contributed by atoms with Gasteiger partial charge >= 0.3 is 12.1 Å². The van der Waals surface area contributed by atoms with E-state index in [0.29, 0.717) is 19.6 Å². The van der Waals surface area contributed by atoms with Gasteiger partial charge in [-0.05, 0) is 51.5 Å². The van der Waals surface area contributed by atoms with E-state index in [4.69, 9.17) is 9.84 Å². The fourth-order valence-electron chi connectivity index (χ4n) is 3.06. The quantitative estimate of drug-likeness (QED) is 0.900. The van der Waals surface area contributed by atoms with Crippen LogP contribution in [0, 0.1) is 0 Å². The standard InChI is InChI=1S/C19H28N2O4/c1-5-6-16-13-20(18(24)25-19(2,3)4)11-12-21(16)15-9-7-14(8-10-15)17(22)23/h7-10,16H,5-6,11-13H2,1-4H3,(H,22,23)/t16-/m0/s1. The highest BCUT2D eigenvalue weighted by molar-refractivity contribution is 5.88. The molecule has 1 atom stereocenters. The lowest BCUT2D eigenvalue weighted by atomic mass is 10.0. The largest absolute Gasteiger partial charge is 0.478 e. The molecule has 1 aromatic rings. The van der Waals surface area contributed by atoms with Crippen LogP contribution in [0.25, 0.3) is 0 Å². The summed E-state index contributed by atoms with van der Waals surface area (Å²) in [4.78, 5) is 27.4. The van der Waals surface area contributed by atoms with Crippen LogP contribution in [0.15, 0.2) is 24.3 Å². The van der Waals surface area contributed by atoms with Gasteiger partial charge in [0.15, 0.2) is 0 Å². The number of carbonyl (C=O) groups is 2. The van der Waals surface area contributed by atoms with Crippen molar-refractivity contribution in [1.82, 2.24) is 4.90 Å². The molecule has 0 aliphatic carbocycles. The summed E-state index contributed by atoms with van der Waals surface area (Å²) in [7, 11) is 0. The molecule has 1 amide bonds. The van der Waals surface area contributed by atoms with Crippen LogP contribution in [0.1, 0.15) is 50.9 Å². The number of benzene rings is 1. The molecule has 25 heavy (non-hydrogen) atoms. The van der Waals surface area contributed by atoms with Crippen molar-refractivity contribution in [1.29, 1.82) is 0 Å². The van der Waals surface area contributed by atoms with Gasteiger partial charge in [-0.2, -0.15) is 0 Å². The number of carboxylic acids is 1. The molecule has 6 nitrogen and oxygen atoms in total. The number of aromatic carboxylic acids is 1. The minimum atomic E-state index is -0.925. The molecule has 0 spiro atoms. The van der Waals surface area contributed by atoms with Gasteiger partial charge in [0.1, 0.15) is 5.60 Å². The summed E-state index contributed by atoms with van der Waals surface area (Å²) in [6.45, 7) is 9.64. The van der Waals surface area contributed by atoms with Gasteiger partial charge in [-0.1, -0.05) is 13.3 Å². The first kappa shape index (κ1) is 19.1. The lowest BCUT2D eigenvalue weighted by Crippen LogP contribution is -2.55. The number of amides is 1. The summed E-state index contributed by atoms with van der Waals surface area (Å²) in [5.74, 6) is -0.925. The second-order valence-corrected chi connectivity index (χ2v) is 7.41. The summed E-state index contributed by atoms with van der Waals surface area (Å²) in [6.07, 6.45) is 1.70. The third-order valence-corrected chi connectivity index (χ3v) is 4.20. The molecule has 1 aliphatic heterocycles. The van der Waals surface area contributed by atoms with Crippen LogP contribution < -0.4 is 4.90 Å². The maximum absolute atomic E-state index is 12.3. The predicted octanol–water partition coefficient (Wildman–Crippen LogP) is 3.61. The summed E-state index contributed by atoms with van der Waals surface area (Å²) >= 11 is 0. The second kappa shape index (κ2) is 7.76. The first-order valence-electron chi connectivity index (χ1n) is 8.79. The van der Waals surface area contributed by atoms with Gasteiger partial charge in [-0.25, -0.2) is 9.59 Å². The number of rotatable bonds is 4. The van der Waals surface area contributed by atoms with Crippen LogP contribution in [0.3, 0.4) is 0 Å². The lowest BCUT2D eigenvalue weighted by molar-refractivity contribution is 0.0211. The molecule has 2 rings (SSSR count). The van der Waals surface area contributed by atoms with Gasteiger partial charge in [0.25, 0.3) is 0 Å². The maximum Gasteiger partial charge on any atom is 0.410 e. The normalized spacial score (nSPS) is 18.2. The van der Waals surface area contributed by atoms with Crippen molar-refractivity contribution in [3.63, 3.8) is 0 Å². The third-order valence-electron chi connectivity index (χ3n) is 4.20. The Hall–Kier alpha value is -2.24. The molecule has 0 saturated carbocycles. The highest BCUT2D eigenvalue weighted by atomic mass is 16.6. The molecule has 1 saturated heterocycles. The van der Waals surface area contributed by atoms with Crippen molar-refractivity contribution in [2.75, 3.05) is 24.5 Å². The molecule has 0 unspecified atom stereocenters. The number of carboxylic acid groups (broad SMARTS) is 1. The van der Waals surface area contributed by atoms with Crippen molar-refractivity contribution in [3.05, 3.63) is 29.8 Å². The summed E-state index contributed by atoms with van der Waals surface area (Å²) in [6, 6.07) is 7.13.